The Morgan fingerprint density at radius 2 is 1.48 bits per heavy atom. The molecule has 13 heteroatoms. The second-order valence-electron chi connectivity index (χ2n) is 17.7. The molecule has 9 atom stereocenters. The van der Waals surface area contributed by atoms with Crippen LogP contribution in [0.3, 0.4) is 0 Å². The van der Waals surface area contributed by atoms with E-state index in [9.17, 15) is 24.0 Å². The summed E-state index contributed by atoms with van der Waals surface area (Å²) < 4.78 is 12.1. The minimum Gasteiger partial charge on any atom is -0.379 e. The first-order chi connectivity index (χ1) is 27.3. The zero-order chi connectivity index (χ0) is 43.9. The van der Waals surface area contributed by atoms with Gasteiger partial charge in [0, 0.05) is 40.8 Å². The van der Waals surface area contributed by atoms with E-state index < -0.39 is 42.3 Å². The largest absolute Gasteiger partial charge is 0.379 e. The Balaban J connectivity index is 2.30. The summed E-state index contributed by atoms with van der Waals surface area (Å²) in [4.78, 5) is 74.8. The second-order valence-corrected chi connectivity index (χ2v) is 17.7. The van der Waals surface area contributed by atoms with Crippen LogP contribution in [0.5, 0.6) is 0 Å². The predicted molar refractivity (Wildman–Crippen MR) is 230 cm³/mol. The molecule has 5 amide bonds. The summed E-state index contributed by atoms with van der Waals surface area (Å²) in [5, 5.41) is 9.05. The highest BCUT2D eigenvalue weighted by Gasteiger charge is 2.43. The SMILES string of the molecule is CC[C@H](C)[C@@H]([C@@H](CC(=O)N1CCC[C@H]1[C@H](OC)[C@@H](C)C(=O)N[C@@H](Cc1ccccc1)C(=O)NCCC(C)C)OC)N(C)C(=O)[C@@H](NC(=O)[C@H](C(C)C)N(C)C)C(C)C. The molecule has 1 aromatic rings. The van der Waals surface area contributed by atoms with Gasteiger partial charge >= 0.3 is 0 Å². The van der Waals surface area contributed by atoms with Gasteiger partial charge in [0.25, 0.3) is 0 Å². The van der Waals surface area contributed by atoms with Crippen molar-refractivity contribution in [3.8, 4) is 0 Å². The number of carbonyl (C=O) groups excluding carboxylic acids is 5. The van der Waals surface area contributed by atoms with Crippen LogP contribution in [-0.2, 0) is 39.9 Å². The Kier molecular flexibility index (Phi) is 21.4. The zero-order valence-corrected chi connectivity index (χ0v) is 38.2. The van der Waals surface area contributed by atoms with Crippen LogP contribution in [-0.4, -0.2) is 135 Å². The number of hydrogen-bond donors (Lipinski definition) is 3. The van der Waals surface area contributed by atoms with Crippen molar-refractivity contribution in [3.63, 3.8) is 0 Å². The summed E-state index contributed by atoms with van der Waals surface area (Å²) in [6.07, 6.45) is 2.03. The molecule has 1 heterocycles. The molecule has 2 rings (SSSR count). The maximum Gasteiger partial charge on any atom is 0.245 e. The lowest BCUT2D eigenvalue weighted by Gasteiger charge is -2.41. The van der Waals surface area contributed by atoms with Crippen LogP contribution in [0, 0.1) is 29.6 Å². The fourth-order valence-corrected chi connectivity index (χ4v) is 8.38. The van der Waals surface area contributed by atoms with E-state index in [1.165, 1.54) is 0 Å². The van der Waals surface area contributed by atoms with E-state index in [4.69, 9.17) is 9.47 Å². The molecular formula is C45H78N6O7. The number of likely N-dealkylation sites (tertiary alicyclic amines) is 1. The number of nitrogens with zero attached hydrogens (tertiary/aromatic N) is 3. The van der Waals surface area contributed by atoms with Gasteiger partial charge in [0.1, 0.15) is 12.1 Å². The maximum absolute atomic E-state index is 14.3. The number of likely N-dealkylation sites (N-methyl/N-ethyl adjacent to an activating group) is 2. The molecule has 0 aromatic heterocycles. The van der Waals surface area contributed by atoms with E-state index in [1.54, 1.807) is 38.0 Å². The van der Waals surface area contributed by atoms with Gasteiger partial charge in [-0.05, 0) is 62.6 Å². The topological polar surface area (TPSA) is 150 Å². The molecule has 1 aliphatic heterocycles. The van der Waals surface area contributed by atoms with Crippen molar-refractivity contribution in [1.29, 1.82) is 0 Å². The van der Waals surface area contributed by atoms with Crippen molar-refractivity contribution in [3.05, 3.63) is 35.9 Å². The number of rotatable bonds is 24. The number of carbonyl (C=O) groups is 5. The maximum atomic E-state index is 14.3. The fourth-order valence-electron chi connectivity index (χ4n) is 8.38. The highest BCUT2D eigenvalue weighted by Crippen LogP contribution is 2.30. The number of amides is 5. The molecule has 0 unspecified atom stereocenters. The van der Waals surface area contributed by atoms with E-state index in [0.717, 1.165) is 24.8 Å². The molecule has 1 saturated heterocycles. The average Bonchev–Trinajstić information content (AvgIpc) is 3.65. The quantitative estimate of drug-likeness (QED) is 0.138. The van der Waals surface area contributed by atoms with E-state index in [2.05, 4.69) is 29.8 Å². The summed E-state index contributed by atoms with van der Waals surface area (Å²) in [5.74, 6) is -1.57. The molecule has 13 nitrogen and oxygen atoms in total. The van der Waals surface area contributed by atoms with Crippen LogP contribution < -0.4 is 16.0 Å². The third-order valence-electron chi connectivity index (χ3n) is 11.9. The lowest BCUT2D eigenvalue weighted by molar-refractivity contribution is -0.148. The van der Waals surface area contributed by atoms with E-state index in [-0.39, 0.29) is 59.8 Å². The molecule has 1 fully saturated rings. The summed E-state index contributed by atoms with van der Waals surface area (Å²) in [5.41, 5.74) is 0.930. The van der Waals surface area contributed by atoms with Crippen molar-refractivity contribution in [2.45, 2.75) is 143 Å². The van der Waals surface area contributed by atoms with Crippen molar-refractivity contribution < 1.29 is 33.4 Å². The minimum absolute atomic E-state index is 0.0150. The molecule has 0 aliphatic carbocycles. The lowest BCUT2D eigenvalue weighted by Crippen LogP contribution is -2.59. The normalized spacial score (nSPS) is 18.7. The van der Waals surface area contributed by atoms with Gasteiger partial charge in [-0.3, -0.25) is 28.9 Å². The van der Waals surface area contributed by atoms with Crippen LogP contribution in [0.2, 0.25) is 0 Å². The first kappa shape index (κ1) is 50.6. The van der Waals surface area contributed by atoms with E-state index in [0.29, 0.717) is 31.8 Å². The average molecular weight is 815 g/mol. The standard InChI is InChI=1S/C45H78N6O7/c1-15-31(8)40(50(12)45(56)38(29(4)5)48-44(55)39(30(6)7)49(10)11)36(57-13)27-37(52)51-25-19-22-35(51)41(58-14)32(9)42(53)47-34(26-33-20-17-16-18-21-33)43(54)46-24-23-28(2)3/h16-18,20-21,28-32,34-36,38-41H,15,19,22-27H2,1-14H3,(H,46,54)(H,47,53)(H,48,55)/t31-,32+,34-,35-,36+,38-,39-,40-,41+/m0/s1. The van der Waals surface area contributed by atoms with Crippen LogP contribution in [0.25, 0.3) is 0 Å². The van der Waals surface area contributed by atoms with Crippen LogP contribution in [0.15, 0.2) is 30.3 Å². The number of nitrogens with one attached hydrogen (secondary N) is 3. The van der Waals surface area contributed by atoms with Crippen molar-refractivity contribution in [1.82, 2.24) is 30.7 Å². The minimum atomic E-state index is -0.781. The monoisotopic (exact) mass is 815 g/mol. The molecular weight excluding hydrogens is 737 g/mol. The van der Waals surface area contributed by atoms with Gasteiger partial charge in [0.15, 0.2) is 0 Å². The number of ether oxygens (including phenoxy) is 2. The first-order valence-corrected chi connectivity index (χ1v) is 21.5. The summed E-state index contributed by atoms with van der Waals surface area (Å²) in [7, 11) is 8.57. The molecule has 58 heavy (non-hydrogen) atoms. The Labute approximate surface area is 350 Å². The van der Waals surface area contributed by atoms with E-state index >= 15 is 0 Å². The molecule has 0 spiro atoms. The van der Waals surface area contributed by atoms with Gasteiger partial charge in [0.2, 0.25) is 29.5 Å². The molecule has 0 bridgehead atoms. The van der Waals surface area contributed by atoms with Gasteiger partial charge in [0.05, 0.1) is 42.7 Å². The number of methoxy groups -OCH3 is 2. The molecule has 330 valence electrons. The van der Waals surface area contributed by atoms with Crippen molar-refractivity contribution in [2.24, 2.45) is 29.6 Å². The van der Waals surface area contributed by atoms with Gasteiger partial charge in [-0.15, -0.1) is 0 Å². The summed E-state index contributed by atoms with van der Waals surface area (Å²) >= 11 is 0. The van der Waals surface area contributed by atoms with Crippen molar-refractivity contribution in [2.75, 3.05) is 48.5 Å². The highest BCUT2D eigenvalue weighted by molar-refractivity contribution is 5.90. The second kappa shape index (κ2) is 24.5. The Morgan fingerprint density at radius 3 is 2.00 bits per heavy atom. The lowest BCUT2D eigenvalue weighted by atomic mass is 9.89. The van der Waals surface area contributed by atoms with Crippen LogP contribution in [0.4, 0.5) is 0 Å². The van der Waals surface area contributed by atoms with Gasteiger partial charge in [-0.2, -0.15) is 0 Å². The summed E-state index contributed by atoms with van der Waals surface area (Å²) in [6, 6.07) is 6.81. The van der Waals surface area contributed by atoms with E-state index in [1.807, 2.05) is 90.9 Å². The fraction of sp³-hybridized carbons (Fsp3) is 0.756. The third-order valence-corrected chi connectivity index (χ3v) is 11.9. The van der Waals surface area contributed by atoms with Gasteiger partial charge < -0.3 is 35.2 Å². The Hall–Kier alpha value is -3.55. The Morgan fingerprint density at radius 1 is 0.845 bits per heavy atom. The number of benzene rings is 1. The number of hydrogen-bond acceptors (Lipinski definition) is 8. The van der Waals surface area contributed by atoms with Gasteiger partial charge in [-0.1, -0.05) is 99.1 Å². The van der Waals surface area contributed by atoms with Crippen LogP contribution >= 0.6 is 0 Å². The summed E-state index contributed by atoms with van der Waals surface area (Å²) in [6.45, 7) is 18.9. The first-order valence-electron chi connectivity index (χ1n) is 21.5. The molecule has 3 N–H and O–H groups in total. The predicted octanol–water partition coefficient (Wildman–Crippen LogP) is 4.52. The Bertz CT molecular complexity index is 1430. The van der Waals surface area contributed by atoms with Gasteiger partial charge in [-0.25, -0.2) is 0 Å². The molecule has 0 radical (unpaired) electrons. The van der Waals surface area contributed by atoms with Crippen molar-refractivity contribution >= 4 is 29.5 Å². The zero-order valence-electron chi connectivity index (χ0n) is 38.2. The van der Waals surface area contributed by atoms with Crippen LogP contribution in [0.1, 0.15) is 100.0 Å². The third kappa shape index (κ3) is 14.3. The smallest absolute Gasteiger partial charge is 0.245 e. The molecule has 1 aromatic carbocycles. The molecule has 1 aliphatic rings. The molecule has 0 saturated carbocycles. The highest BCUT2D eigenvalue weighted by atomic mass is 16.5.